The molecule has 1 aromatic carbocycles. The fraction of sp³-hybridized carbons (Fsp3) is 0.739. The second kappa shape index (κ2) is 20.1. The van der Waals surface area contributed by atoms with E-state index >= 15 is 0 Å². The predicted octanol–water partition coefficient (Wildman–Crippen LogP) is 6.23. The molecule has 10 nitrogen and oxygen atoms in total. The summed E-state index contributed by atoms with van der Waals surface area (Å²) in [4.78, 5) is 49.5. The van der Waals surface area contributed by atoms with E-state index in [1.807, 2.05) is 0 Å². The number of hydrogen-bond acceptors (Lipinski definition) is 6. The van der Waals surface area contributed by atoms with Crippen LogP contribution in [0, 0.1) is 46.3 Å². The van der Waals surface area contributed by atoms with Gasteiger partial charge in [0, 0.05) is 26.0 Å². The van der Waals surface area contributed by atoms with Crippen LogP contribution in [0.25, 0.3) is 0 Å². The lowest BCUT2D eigenvalue weighted by atomic mass is 9.47. The molecule has 4 aliphatic carbocycles. The molecule has 312 valence electrons. The molecule has 3 fully saturated rings. The number of aliphatic hydroxyl groups excluding tert-OH is 1. The minimum atomic E-state index is -0.848. The molecule has 6 N–H and O–H groups in total. The number of fused-ring (bicyclic) bond motifs is 5. The summed E-state index contributed by atoms with van der Waals surface area (Å²) in [5.41, 5.74) is 3.87. The van der Waals surface area contributed by atoms with Gasteiger partial charge in [-0.25, -0.2) is 10.1 Å². The number of quaternary nitrogens is 1. The second-order valence-electron chi connectivity index (χ2n) is 18.7. The van der Waals surface area contributed by atoms with E-state index in [1.54, 1.807) is 29.8 Å². The number of primary amides is 1. The first-order chi connectivity index (χ1) is 26.7. The number of nitrogens with two attached hydrogens (primary N) is 1. The van der Waals surface area contributed by atoms with E-state index in [2.05, 4.69) is 56.6 Å². The number of nitrogens with one attached hydrogen (secondary N) is 3. The van der Waals surface area contributed by atoms with E-state index < -0.39 is 17.9 Å². The lowest BCUT2D eigenvalue weighted by Crippen LogP contribution is -2.84. The number of hydrogen-bond donors (Lipinski definition) is 5. The zero-order valence-electron chi connectivity index (χ0n) is 35.3. The van der Waals surface area contributed by atoms with Gasteiger partial charge in [0.05, 0.1) is 12.7 Å². The highest BCUT2D eigenvalue weighted by atomic mass is 16.5. The maximum Gasteiger partial charge on any atom is 0.334 e. The van der Waals surface area contributed by atoms with Crippen LogP contribution in [0.15, 0.2) is 35.9 Å². The fourth-order valence-electron chi connectivity index (χ4n) is 11.3. The third-order valence-corrected chi connectivity index (χ3v) is 14.5. The van der Waals surface area contributed by atoms with Crippen molar-refractivity contribution < 1.29 is 34.3 Å². The van der Waals surface area contributed by atoms with Gasteiger partial charge in [0.15, 0.2) is 0 Å². The van der Waals surface area contributed by atoms with E-state index in [0.717, 1.165) is 53.9 Å². The summed E-state index contributed by atoms with van der Waals surface area (Å²) < 4.78 is 6.38. The van der Waals surface area contributed by atoms with Gasteiger partial charge in [0.2, 0.25) is 17.7 Å². The zero-order chi connectivity index (χ0) is 40.5. The van der Waals surface area contributed by atoms with Crippen molar-refractivity contribution in [2.24, 2.45) is 46.3 Å². The van der Waals surface area contributed by atoms with Crippen molar-refractivity contribution in [2.45, 2.75) is 150 Å². The van der Waals surface area contributed by atoms with Crippen molar-refractivity contribution >= 4 is 29.3 Å². The summed E-state index contributed by atoms with van der Waals surface area (Å²) in [6.45, 7) is 14.9. The maximum absolute atomic E-state index is 12.4. The monoisotopic (exact) mass is 778 g/mol. The third-order valence-electron chi connectivity index (χ3n) is 14.5. The standard InChI is InChI=1S/C46H72N4O6/c1-30(2)9-7-10-31(3)38-17-18-39-37-16-13-34-27-36(21-23-45(34,5)40(37)22-24-46(38,39)6)56-26-8-25-47-41(52)19-20-42(53)49-32(4)44(55)48-28-43(54)50-35-14-11-33(29-51)12-15-35/h11-15,30-32,36-40,51H,7-10,16-29H2,1-6H3,(H,47,52)(H,48,55)(H,49,53)(H,50,54)/p+1. The molecule has 9 atom stereocenters. The summed E-state index contributed by atoms with van der Waals surface area (Å²) >= 11 is 0. The number of rotatable bonds is 19. The first kappa shape index (κ1) is 44.0. The Morgan fingerprint density at radius 3 is 2.38 bits per heavy atom. The molecule has 4 amide bonds. The van der Waals surface area contributed by atoms with Crippen LogP contribution >= 0.6 is 0 Å². The van der Waals surface area contributed by atoms with Gasteiger partial charge in [0.25, 0.3) is 0 Å². The second-order valence-corrected chi connectivity index (χ2v) is 18.7. The summed E-state index contributed by atoms with van der Waals surface area (Å²) in [6, 6.07) is 6.03. The van der Waals surface area contributed by atoms with Gasteiger partial charge in [-0.2, -0.15) is 0 Å². The quantitative estimate of drug-likeness (QED) is 0.0639. The molecule has 0 saturated heterocycles. The van der Waals surface area contributed by atoms with Crippen LogP contribution < -0.4 is 21.3 Å². The van der Waals surface area contributed by atoms with E-state index in [4.69, 9.17) is 9.84 Å². The molecule has 0 bridgehead atoms. The highest BCUT2D eigenvalue weighted by Crippen LogP contribution is 2.67. The third kappa shape index (κ3) is 11.1. The van der Waals surface area contributed by atoms with Gasteiger partial charge in [-0.1, -0.05) is 77.7 Å². The number of aliphatic hydroxyl groups is 1. The van der Waals surface area contributed by atoms with Crippen LogP contribution in [0.3, 0.4) is 0 Å². The van der Waals surface area contributed by atoms with Gasteiger partial charge in [-0.05, 0) is 129 Å². The number of carbonyl (C=O) groups excluding carboxylic acids is 4. The van der Waals surface area contributed by atoms with Crippen molar-refractivity contribution in [1.29, 1.82) is 0 Å². The molecule has 1 aromatic rings. The van der Waals surface area contributed by atoms with Crippen molar-refractivity contribution in [3.8, 4) is 0 Å². The Kier molecular flexibility index (Phi) is 15.8. The van der Waals surface area contributed by atoms with Crippen LogP contribution in [0.5, 0.6) is 0 Å². The summed E-state index contributed by atoms with van der Waals surface area (Å²) in [5, 5.41) is 18.6. The van der Waals surface area contributed by atoms with Gasteiger partial charge < -0.3 is 25.8 Å². The van der Waals surface area contributed by atoms with Gasteiger partial charge >= 0.3 is 5.91 Å². The predicted molar refractivity (Wildman–Crippen MR) is 219 cm³/mol. The smallest absolute Gasteiger partial charge is 0.334 e. The van der Waals surface area contributed by atoms with E-state index in [-0.39, 0.29) is 43.9 Å². The van der Waals surface area contributed by atoms with E-state index in [1.165, 1.54) is 70.0 Å². The SMILES string of the molecule is CC(C)CCCC(C)C1CCC2C3CC=C4CC(OCCCNC(=O)CCC(=O)NC(C)C(=O)NCC(=O)[NH2+]c5ccc(CO)cc5)CCC4(C)C3CCC12C. The Labute approximate surface area is 336 Å². The van der Waals surface area contributed by atoms with Crippen LogP contribution in [-0.4, -0.2) is 60.6 Å². The maximum atomic E-state index is 12.4. The molecule has 56 heavy (non-hydrogen) atoms. The highest BCUT2D eigenvalue weighted by molar-refractivity contribution is 5.90. The fourth-order valence-corrected chi connectivity index (χ4v) is 11.3. The Morgan fingerprint density at radius 2 is 1.64 bits per heavy atom. The molecule has 10 heteroatoms. The first-order valence-electron chi connectivity index (χ1n) is 22.0. The van der Waals surface area contributed by atoms with Crippen molar-refractivity contribution in [3.05, 3.63) is 41.5 Å². The molecule has 4 aliphatic rings. The molecule has 0 heterocycles. The average molecular weight is 778 g/mol. The van der Waals surface area contributed by atoms with Crippen LogP contribution in [-0.2, 0) is 30.5 Å². The number of amides is 4. The number of benzene rings is 1. The average Bonchev–Trinajstić information content (AvgIpc) is 3.53. The number of ether oxygens (including phenoxy) is 1. The summed E-state index contributed by atoms with van der Waals surface area (Å²) in [7, 11) is 0. The lowest BCUT2D eigenvalue weighted by Gasteiger charge is -2.58. The Morgan fingerprint density at radius 1 is 0.893 bits per heavy atom. The van der Waals surface area contributed by atoms with Gasteiger partial charge in [0.1, 0.15) is 18.3 Å². The number of carbonyl (C=O) groups is 4. The van der Waals surface area contributed by atoms with Crippen molar-refractivity contribution in [3.63, 3.8) is 0 Å². The zero-order valence-corrected chi connectivity index (χ0v) is 35.3. The Bertz CT molecular complexity index is 1530. The van der Waals surface area contributed by atoms with Crippen LogP contribution in [0.2, 0.25) is 0 Å². The lowest BCUT2D eigenvalue weighted by molar-refractivity contribution is -0.482. The molecule has 0 radical (unpaired) electrons. The largest absolute Gasteiger partial charge is 0.392 e. The Hall–Kier alpha value is -3.08. The normalized spacial score (nSPS) is 29.3. The molecular formula is C46H73N4O6+. The van der Waals surface area contributed by atoms with E-state index in [9.17, 15) is 19.2 Å². The minimum absolute atomic E-state index is 0.0268. The summed E-state index contributed by atoms with van der Waals surface area (Å²) in [6.07, 6.45) is 18.0. The molecule has 3 saturated carbocycles. The van der Waals surface area contributed by atoms with Crippen LogP contribution in [0.4, 0.5) is 5.69 Å². The topological polar surface area (TPSA) is 150 Å². The minimum Gasteiger partial charge on any atom is -0.392 e. The molecule has 0 aliphatic heterocycles. The highest BCUT2D eigenvalue weighted by Gasteiger charge is 2.59. The van der Waals surface area contributed by atoms with Gasteiger partial charge in [-0.3, -0.25) is 14.4 Å². The van der Waals surface area contributed by atoms with Crippen molar-refractivity contribution in [1.82, 2.24) is 16.0 Å². The summed E-state index contributed by atoms with van der Waals surface area (Å²) in [5.74, 6) is 3.66. The van der Waals surface area contributed by atoms with Crippen LogP contribution in [0.1, 0.15) is 137 Å². The first-order valence-corrected chi connectivity index (χ1v) is 22.0. The van der Waals surface area contributed by atoms with Gasteiger partial charge in [-0.15, -0.1) is 0 Å². The molecule has 0 spiro atoms. The van der Waals surface area contributed by atoms with E-state index in [0.29, 0.717) is 36.1 Å². The molecule has 9 unspecified atom stereocenters. The molecule has 0 aromatic heterocycles. The number of allylic oxidation sites excluding steroid dienone is 1. The molecular weight excluding hydrogens is 705 g/mol. The molecule has 5 rings (SSSR count). The Balaban J connectivity index is 0.947. The van der Waals surface area contributed by atoms with Crippen molar-refractivity contribution in [2.75, 3.05) is 19.7 Å².